The van der Waals surface area contributed by atoms with Gasteiger partial charge in [0.1, 0.15) is 11.4 Å². The molecular weight excluding hydrogens is 556 g/mol. The van der Waals surface area contributed by atoms with Gasteiger partial charge in [-0.1, -0.05) is 18.2 Å². The third-order valence-electron chi connectivity index (χ3n) is 7.49. The number of rotatable bonds is 8. The van der Waals surface area contributed by atoms with E-state index in [2.05, 4.69) is 31.0 Å². The molecule has 3 aromatic carbocycles. The maximum Gasteiger partial charge on any atom is 0.335 e. The molecule has 0 bridgehead atoms. The molecule has 2 aromatic heterocycles. The molecule has 14 heteroatoms. The summed E-state index contributed by atoms with van der Waals surface area (Å²) >= 11 is 0. The van der Waals surface area contributed by atoms with E-state index in [9.17, 15) is 29.1 Å². The average Bonchev–Trinajstić information content (AvgIpc) is 3.65. The number of aromatic nitrogens is 4. The van der Waals surface area contributed by atoms with E-state index >= 15 is 0 Å². The highest BCUT2D eigenvalue weighted by Gasteiger charge is 2.29. The number of nitrogens with one attached hydrogen (secondary N) is 3. The van der Waals surface area contributed by atoms with E-state index in [1.807, 2.05) is 0 Å². The highest BCUT2D eigenvalue weighted by Crippen LogP contribution is 2.34. The molecule has 2 amide bonds. The Labute approximate surface area is 242 Å². The first kappa shape index (κ1) is 27.3. The SMILES string of the molecule is Cc1c(C(=O)O)ccc2c1CC[C@@H]2NC(=O)c1nc(C(=O)NCc2cccc(Nc3c(N)c(=O)c3=O)c2)n2nccc2n1. The molecule has 1 aliphatic carbocycles. The second-order valence-corrected chi connectivity index (χ2v) is 10.1. The number of anilines is 3. The molecule has 0 spiro atoms. The molecule has 0 unspecified atom stereocenters. The molecule has 0 aliphatic heterocycles. The molecule has 1 aliphatic rings. The van der Waals surface area contributed by atoms with Crippen molar-refractivity contribution in [3.8, 4) is 0 Å². The van der Waals surface area contributed by atoms with Crippen molar-refractivity contribution in [1.29, 1.82) is 0 Å². The second-order valence-electron chi connectivity index (χ2n) is 10.1. The number of nitrogens with zero attached hydrogens (tertiary/aromatic N) is 4. The number of carboxylic acids is 1. The van der Waals surface area contributed by atoms with Gasteiger partial charge in [0.25, 0.3) is 22.7 Å². The summed E-state index contributed by atoms with van der Waals surface area (Å²) in [6.45, 7) is 1.83. The van der Waals surface area contributed by atoms with Gasteiger partial charge in [-0.3, -0.25) is 19.2 Å². The van der Waals surface area contributed by atoms with E-state index in [-0.39, 0.29) is 46.8 Å². The standard InChI is InChI=1S/C29H24N8O6/c1-13-16-7-8-19(18(16)6-5-17(13)29(42)43)34-27(40)25-35-20-9-10-32-37(20)26(36-25)28(41)31-12-14-3-2-4-15(11-14)33-22-21(30)23(38)24(22)39/h2-6,9-11,19,33H,7-8,12,30H2,1H3,(H,31,41)(H,34,40)(H,42,43)/t19-/m0/s1. The van der Waals surface area contributed by atoms with Crippen molar-refractivity contribution in [3.05, 3.63) is 109 Å². The van der Waals surface area contributed by atoms with Crippen molar-refractivity contribution >= 4 is 40.5 Å². The summed E-state index contributed by atoms with van der Waals surface area (Å²) in [5.74, 6) is -2.58. The van der Waals surface area contributed by atoms with Gasteiger partial charge in [-0.25, -0.2) is 9.78 Å². The van der Waals surface area contributed by atoms with Crippen LogP contribution in [0.5, 0.6) is 0 Å². The molecule has 6 rings (SSSR count). The third-order valence-corrected chi connectivity index (χ3v) is 7.49. The summed E-state index contributed by atoms with van der Waals surface area (Å²) in [6, 6.07) is 11.2. The maximum atomic E-state index is 13.3. The molecule has 216 valence electrons. The van der Waals surface area contributed by atoms with Crippen LogP contribution >= 0.6 is 0 Å². The van der Waals surface area contributed by atoms with E-state index < -0.39 is 28.6 Å². The van der Waals surface area contributed by atoms with Crippen LogP contribution in [0.1, 0.15) is 66.3 Å². The number of aromatic carboxylic acids is 1. The molecule has 5 aromatic rings. The van der Waals surface area contributed by atoms with Gasteiger partial charge < -0.3 is 26.8 Å². The lowest BCUT2D eigenvalue weighted by Crippen LogP contribution is -2.36. The van der Waals surface area contributed by atoms with Gasteiger partial charge >= 0.3 is 5.97 Å². The quantitative estimate of drug-likeness (QED) is 0.166. The number of carboxylic acid groups (broad SMARTS) is 1. The molecule has 0 saturated carbocycles. The normalized spacial score (nSPS) is 14.0. The van der Waals surface area contributed by atoms with Crippen molar-refractivity contribution in [2.75, 3.05) is 11.1 Å². The summed E-state index contributed by atoms with van der Waals surface area (Å²) in [6.07, 6.45) is 2.62. The highest BCUT2D eigenvalue weighted by atomic mass is 16.4. The lowest BCUT2D eigenvalue weighted by molar-refractivity contribution is 0.0695. The highest BCUT2D eigenvalue weighted by molar-refractivity contribution is 5.95. The number of hydrogen-bond donors (Lipinski definition) is 5. The Balaban J connectivity index is 1.18. The van der Waals surface area contributed by atoms with E-state index in [0.717, 1.165) is 11.1 Å². The van der Waals surface area contributed by atoms with Crippen LogP contribution in [0.4, 0.5) is 17.1 Å². The Hall–Kier alpha value is -5.92. The smallest absolute Gasteiger partial charge is 0.335 e. The summed E-state index contributed by atoms with van der Waals surface area (Å²) in [4.78, 5) is 69.6. The van der Waals surface area contributed by atoms with Gasteiger partial charge in [-0.2, -0.15) is 14.6 Å². The minimum absolute atomic E-state index is 0.0280. The van der Waals surface area contributed by atoms with Gasteiger partial charge in [0.05, 0.1) is 17.8 Å². The topological polar surface area (TPSA) is 211 Å². The number of benzene rings is 2. The van der Waals surface area contributed by atoms with Crippen LogP contribution < -0.4 is 32.5 Å². The molecule has 0 saturated heterocycles. The van der Waals surface area contributed by atoms with Crippen molar-refractivity contribution in [2.24, 2.45) is 0 Å². The third kappa shape index (κ3) is 4.84. The van der Waals surface area contributed by atoms with Crippen molar-refractivity contribution in [2.45, 2.75) is 32.4 Å². The Morgan fingerprint density at radius 2 is 1.88 bits per heavy atom. The minimum Gasteiger partial charge on any atom is -0.478 e. The van der Waals surface area contributed by atoms with Gasteiger partial charge in [0.15, 0.2) is 5.65 Å². The fourth-order valence-electron chi connectivity index (χ4n) is 5.26. The van der Waals surface area contributed by atoms with Crippen LogP contribution in [0.25, 0.3) is 5.65 Å². The van der Waals surface area contributed by atoms with Crippen LogP contribution in [0.15, 0.2) is 58.3 Å². The Morgan fingerprint density at radius 3 is 2.65 bits per heavy atom. The number of nitrogen functional groups attached to an aromatic ring is 1. The first-order valence-corrected chi connectivity index (χ1v) is 13.2. The number of nitrogens with two attached hydrogens (primary N) is 1. The molecule has 14 nitrogen and oxygen atoms in total. The van der Waals surface area contributed by atoms with Crippen molar-refractivity contribution < 1.29 is 19.5 Å². The zero-order valence-electron chi connectivity index (χ0n) is 22.7. The van der Waals surface area contributed by atoms with Gasteiger partial charge in [-0.05, 0) is 60.2 Å². The largest absolute Gasteiger partial charge is 0.478 e. The molecular formula is C29H24N8O6. The zero-order chi connectivity index (χ0) is 30.4. The molecule has 2 heterocycles. The monoisotopic (exact) mass is 580 g/mol. The Bertz CT molecular complexity index is 2040. The van der Waals surface area contributed by atoms with E-state index in [1.54, 1.807) is 43.3 Å². The molecule has 43 heavy (non-hydrogen) atoms. The van der Waals surface area contributed by atoms with E-state index in [4.69, 9.17) is 5.73 Å². The van der Waals surface area contributed by atoms with E-state index in [0.29, 0.717) is 29.7 Å². The number of hydrogen-bond acceptors (Lipinski definition) is 10. The van der Waals surface area contributed by atoms with Crippen molar-refractivity contribution in [1.82, 2.24) is 30.2 Å². The molecule has 6 N–H and O–H groups in total. The van der Waals surface area contributed by atoms with Crippen LogP contribution in [-0.2, 0) is 13.0 Å². The number of carbonyl (C=O) groups excluding carboxylic acids is 2. The zero-order valence-corrected chi connectivity index (χ0v) is 22.7. The van der Waals surface area contributed by atoms with Crippen molar-refractivity contribution in [3.63, 3.8) is 0 Å². The number of fused-ring (bicyclic) bond motifs is 2. The Kier molecular flexibility index (Phi) is 6.65. The summed E-state index contributed by atoms with van der Waals surface area (Å²) in [7, 11) is 0. The lowest BCUT2D eigenvalue weighted by atomic mass is 9.98. The number of amides is 2. The molecule has 1 atom stereocenters. The summed E-state index contributed by atoms with van der Waals surface area (Å²) in [5, 5.41) is 22.0. The predicted molar refractivity (Wildman–Crippen MR) is 154 cm³/mol. The Morgan fingerprint density at radius 1 is 1.07 bits per heavy atom. The number of carbonyl (C=O) groups is 3. The average molecular weight is 581 g/mol. The summed E-state index contributed by atoms with van der Waals surface area (Å²) in [5.41, 5.74) is 8.11. The van der Waals surface area contributed by atoms with Crippen LogP contribution in [0, 0.1) is 6.92 Å². The van der Waals surface area contributed by atoms with Crippen LogP contribution in [0.2, 0.25) is 0 Å². The predicted octanol–water partition coefficient (Wildman–Crippen LogP) is 1.40. The van der Waals surface area contributed by atoms with Crippen LogP contribution in [0.3, 0.4) is 0 Å². The summed E-state index contributed by atoms with van der Waals surface area (Å²) < 4.78 is 1.22. The first-order valence-electron chi connectivity index (χ1n) is 13.2. The minimum atomic E-state index is -1.00. The maximum absolute atomic E-state index is 13.3. The molecule has 0 radical (unpaired) electrons. The van der Waals surface area contributed by atoms with Gasteiger partial charge in [0.2, 0.25) is 11.6 Å². The fourth-order valence-corrected chi connectivity index (χ4v) is 5.26. The molecule has 0 fully saturated rings. The fraction of sp³-hybridized carbons (Fsp3) is 0.172. The van der Waals surface area contributed by atoms with Gasteiger partial charge in [-0.15, -0.1) is 0 Å². The lowest BCUT2D eigenvalue weighted by Gasteiger charge is -2.15. The van der Waals surface area contributed by atoms with Crippen LogP contribution in [-0.4, -0.2) is 42.5 Å². The second kappa shape index (κ2) is 10.5. The van der Waals surface area contributed by atoms with E-state index in [1.165, 1.54) is 16.8 Å². The first-order chi connectivity index (χ1) is 20.6. The van der Waals surface area contributed by atoms with Gasteiger partial charge in [0, 0.05) is 18.3 Å².